The molecule has 2 aromatic rings. The number of carbonyl (C=O) groups is 2. The molecular formula is C18H20N2O3S. The minimum absolute atomic E-state index is 0.126. The number of amides is 3. The molecule has 126 valence electrons. The van der Waals surface area contributed by atoms with Gasteiger partial charge in [-0.15, -0.1) is 11.8 Å². The fourth-order valence-corrected chi connectivity index (χ4v) is 2.91. The maximum atomic E-state index is 11.9. The van der Waals surface area contributed by atoms with E-state index in [4.69, 9.17) is 4.74 Å². The molecule has 0 aliphatic carbocycles. The topological polar surface area (TPSA) is 67.4 Å². The number of methoxy groups -OCH3 is 1. The fourth-order valence-electron chi connectivity index (χ4n) is 2.08. The monoisotopic (exact) mass is 344 g/mol. The molecule has 0 atom stereocenters. The van der Waals surface area contributed by atoms with Crippen molar-refractivity contribution < 1.29 is 14.3 Å². The van der Waals surface area contributed by atoms with E-state index >= 15 is 0 Å². The maximum absolute atomic E-state index is 11.9. The molecular weight excluding hydrogens is 324 g/mol. The van der Waals surface area contributed by atoms with E-state index in [9.17, 15) is 9.59 Å². The lowest BCUT2D eigenvalue weighted by Gasteiger charge is -2.11. The molecule has 0 radical (unpaired) electrons. The van der Waals surface area contributed by atoms with Crippen molar-refractivity contribution in [2.75, 3.05) is 18.2 Å². The summed E-state index contributed by atoms with van der Waals surface area (Å²) in [4.78, 5) is 24.7. The lowest BCUT2D eigenvalue weighted by molar-refractivity contribution is -0.117. The van der Waals surface area contributed by atoms with Gasteiger partial charge in [0.2, 0.25) is 5.91 Å². The number of benzene rings is 2. The quantitative estimate of drug-likeness (QED) is 0.811. The molecule has 0 saturated carbocycles. The van der Waals surface area contributed by atoms with Crippen LogP contribution in [-0.4, -0.2) is 24.8 Å². The number of hydrogen-bond donors (Lipinski definition) is 2. The summed E-state index contributed by atoms with van der Waals surface area (Å²) in [6, 6.07) is 12.5. The molecule has 24 heavy (non-hydrogen) atoms. The summed E-state index contributed by atoms with van der Waals surface area (Å²) >= 11 is 1.32. The van der Waals surface area contributed by atoms with Gasteiger partial charge in [-0.2, -0.15) is 0 Å². The number of imide groups is 1. The number of ether oxygens (including phenoxy) is 1. The van der Waals surface area contributed by atoms with Gasteiger partial charge in [0.15, 0.2) is 0 Å². The summed E-state index contributed by atoms with van der Waals surface area (Å²) in [5, 5.41) is 5.03. The van der Waals surface area contributed by atoms with Crippen LogP contribution in [0.4, 0.5) is 10.5 Å². The maximum Gasteiger partial charge on any atom is 0.325 e. The first-order valence-electron chi connectivity index (χ1n) is 7.44. The smallest absolute Gasteiger partial charge is 0.325 e. The second-order valence-electron chi connectivity index (χ2n) is 5.19. The van der Waals surface area contributed by atoms with Crippen molar-refractivity contribution >= 4 is 29.4 Å². The van der Waals surface area contributed by atoms with E-state index in [-0.39, 0.29) is 11.7 Å². The molecule has 0 aliphatic heterocycles. The van der Waals surface area contributed by atoms with Crippen LogP contribution in [0.15, 0.2) is 47.4 Å². The van der Waals surface area contributed by atoms with Gasteiger partial charge in [0.1, 0.15) is 5.75 Å². The van der Waals surface area contributed by atoms with Gasteiger partial charge in [-0.25, -0.2) is 4.79 Å². The molecule has 0 bridgehead atoms. The summed E-state index contributed by atoms with van der Waals surface area (Å²) in [6.07, 6.45) is 0. The highest BCUT2D eigenvalue weighted by atomic mass is 32.2. The Morgan fingerprint density at radius 2 is 1.83 bits per heavy atom. The fraction of sp³-hybridized carbons (Fsp3) is 0.222. The number of hydrogen-bond acceptors (Lipinski definition) is 4. The molecule has 5 nitrogen and oxygen atoms in total. The SMILES string of the molecule is COc1ccccc1SCC(=O)NC(=O)Nc1cccc(C)c1C. The van der Waals surface area contributed by atoms with Crippen LogP contribution in [0.1, 0.15) is 11.1 Å². The minimum Gasteiger partial charge on any atom is -0.496 e. The Hall–Kier alpha value is -2.47. The van der Waals surface area contributed by atoms with Gasteiger partial charge in [0.05, 0.1) is 12.9 Å². The van der Waals surface area contributed by atoms with E-state index in [0.29, 0.717) is 11.4 Å². The second kappa shape index (κ2) is 8.40. The number of anilines is 1. The molecule has 2 N–H and O–H groups in total. The number of thioether (sulfide) groups is 1. The van der Waals surface area contributed by atoms with Crippen LogP contribution in [0.25, 0.3) is 0 Å². The van der Waals surface area contributed by atoms with Crippen LogP contribution in [0.5, 0.6) is 5.75 Å². The summed E-state index contributed by atoms with van der Waals surface area (Å²) in [7, 11) is 1.58. The van der Waals surface area contributed by atoms with Crippen molar-refractivity contribution in [2.45, 2.75) is 18.7 Å². The van der Waals surface area contributed by atoms with E-state index in [2.05, 4.69) is 10.6 Å². The van der Waals surface area contributed by atoms with Crippen molar-refractivity contribution in [3.8, 4) is 5.75 Å². The molecule has 2 rings (SSSR count). The number of rotatable bonds is 5. The molecule has 0 saturated heterocycles. The molecule has 6 heteroatoms. The average Bonchev–Trinajstić information content (AvgIpc) is 2.57. The van der Waals surface area contributed by atoms with Gasteiger partial charge < -0.3 is 10.1 Å². The largest absolute Gasteiger partial charge is 0.496 e. The normalized spacial score (nSPS) is 10.1. The third kappa shape index (κ3) is 4.76. The van der Waals surface area contributed by atoms with Gasteiger partial charge in [-0.3, -0.25) is 10.1 Å². The summed E-state index contributed by atoms with van der Waals surface area (Å²) in [5.74, 6) is 0.462. The third-order valence-electron chi connectivity index (χ3n) is 3.53. The van der Waals surface area contributed by atoms with Crippen LogP contribution in [-0.2, 0) is 4.79 Å². The lowest BCUT2D eigenvalue weighted by atomic mass is 10.1. The van der Waals surface area contributed by atoms with Crippen LogP contribution in [0.3, 0.4) is 0 Å². The van der Waals surface area contributed by atoms with E-state index in [1.807, 2.05) is 50.2 Å². The number of carbonyl (C=O) groups excluding carboxylic acids is 2. The highest BCUT2D eigenvalue weighted by Crippen LogP contribution is 2.28. The average molecular weight is 344 g/mol. The molecule has 0 unspecified atom stereocenters. The lowest BCUT2D eigenvalue weighted by Crippen LogP contribution is -2.35. The number of aryl methyl sites for hydroxylation is 1. The molecule has 0 fully saturated rings. The highest BCUT2D eigenvalue weighted by Gasteiger charge is 2.11. The first kappa shape index (κ1) is 17.9. The van der Waals surface area contributed by atoms with Crippen LogP contribution < -0.4 is 15.4 Å². The predicted molar refractivity (Wildman–Crippen MR) is 96.8 cm³/mol. The van der Waals surface area contributed by atoms with Crippen LogP contribution in [0, 0.1) is 13.8 Å². The Labute approximate surface area is 145 Å². The van der Waals surface area contributed by atoms with Crippen molar-refractivity contribution in [2.24, 2.45) is 0 Å². The Bertz CT molecular complexity index is 747. The van der Waals surface area contributed by atoms with Crippen molar-refractivity contribution in [1.82, 2.24) is 5.32 Å². The Morgan fingerprint density at radius 1 is 1.08 bits per heavy atom. The minimum atomic E-state index is -0.533. The third-order valence-corrected chi connectivity index (χ3v) is 4.59. The molecule has 0 aliphatic rings. The van der Waals surface area contributed by atoms with Gasteiger partial charge in [0, 0.05) is 10.6 Å². The zero-order valence-electron chi connectivity index (χ0n) is 13.9. The molecule has 0 heterocycles. The Morgan fingerprint density at radius 3 is 2.58 bits per heavy atom. The van der Waals surface area contributed by atoms with Crippen LogP contribution in [0.2, 0.25) is 0 Å². The van der Waals surface area contributed by atoms with E-state index in [0.717, 1.165) is 16.0 Å². The Balaban J connectivity index is 1.88. The summed E-state index contributed by atoms with van der Waals surface area (Å²) < 4.78 is 5.23. The van der Waals surface area contributed by atoms with Gasteiger partial charge in [0.25, 0.3) is 0 Å². The Kier molecular flexibility index (Phi) is 6.26. The second-order valence-corrected chi connectivity index (χ2v) is 6.21. The predicted octanol–water partition coefficient (Wildman–Crippen LogP) is 3.75. The highest BCUT2D eigenvalue weighted by molar-refractivity contribution is 8.00. The first-order chi connectivity index (χ1) is 11.5. The number of para-hydroxylation sites is 1. The summed E-state index contributed by atoms with van der Waals surface area (Å²) in [5.41, 5.74) is 2.74. The van der Waals surface area contributed by atoms with E-state index in [1.54, 1.807) is 13.2 Å². The zero-order chi connectivity index (χ0) is 17.5. The molecule has 0 spiro atoms. The van der Waals surface area contributed by atoms with Crippen LogP contribution >= 0.6 is 11.8 Å². The van der Waals surface area contributed by atoms with Gasteiger partial charge in [-0.1, -0.05) is 24.3 Å². The molecule has 2 aromatic carbocycles. The van der Waals surface area contributed by atoms with E-state index < -0.39 is 6.03 Å². The van der Waals surface area contributed by atoms with Crippen molar-refractivity contribution in [3.63, 3.8) is 0 Å². The van der Waals surface area contributed by atoms with E-state index in [1.165, 1.54) is 11.8 Å². The summed E-state index contributed by atoms with van der Waals surface area (Å²) in [6.45, 7) is 3.89. The standard InChI is InChI=1S/C18H20N2O3S/c1-12-7-6-8-14(13(12)2)19-18(22)20-17(21)11-24-16-10-5-4-9-15(16)23-3/h4-10H,11H2,1-3H3,(H2,19,20,21,22). The zero-order valence-corrected chi connectivity index (χ0v) is 14.7. The van der Waals surface area contributed by atoms with Gasteiger partial charge in [-0.05, 0) is 43.2 Å². The van der Waals surface area contributed by atoms with Crippen molar-refractivity contribution in [1.29, 1.82) is 0 Å². The number of nitrogens with one attached hydrogen (secondary N) is 2. The molecule has 0 aromatic heterocycles. The first-order valence-corrected chi connectivity index (χ1v) is 8.42. The molecule has 3 amide bonds. The van der Waals surface area contributed by atoms with Crippen molar-refractivity contribution in [3.05, 3.63) is 53.6 Å². The number of urea groups is 1. The van der Waals surface area contributed by atoms with Gasteiger partial charge >= 0.3 is 6.03 Å².